The lowest BCUT2D eigenvalue weighted by Crippen LogP contribution is -2.61. The number of H-pyrrole nitrogens is 2. The van der Waals surface area contributed by atoms with Crippen LogP contribution in [-0.4, -0.2) is 191 Å². The number of guanidine groups is 1. The number of nitrogens with one attached hydrogen (secondary N) is 10. The van der Waals surface area contributed by atoms with Crippen LogP contribution in [0.2, 0.25) is 0 Å². The van der Waals surface area contributed by atoms with E-state index >= 15 is 24.0 Å². The summed E-state index contributed by atoms with van der Waals surface area (Å²) in [6.07, 6.45) is 6.31. The highest BCUT2D eigenvalue weighted by atomic mass is 19.1. The van der Waals surface area contributed by atoms with Gasteiger partial charge in [-0.25, -0.2) is 4.39 Å². The van der Waals surface area contributed by atoms with Gasteiger partial charge >= 0.3 is 0 Å². The van der Waals surface area contributed by atoms with Crippen LogP contribution >= 0.6 is 0 Å². The Hall–Kier alpha value is -10.4. The molecule has 17 N–H and O–H groups in total. The predicted molar refractivity (Wildman–Crippen MR) is 416 cm³/mol. The Balaban J connectivity index is 0.962. The second-order valence-corrected chi connectivity index (χ2v) is 29.5. The number of nitrogens with two attached hydrogens (primary N) is 3. The molecule has 2 fully saturated rings. The van der Waals surface area contributed by atoms with E-state index in [0.29, 0.717) is 73.5 Å². The van der Waals surface area contributed by atoms with Gasteiger partial charge in [0.15, 0.2) is 11.7 Å². The molecule has 7 aromatic rings. The number of aliphatic imine (C=N–C) groups is 1. The van der Waals surface area contributed by atoms with E-state index in [1.165, 1.54) is 47.7 Å². The molecule has 26 nitrogen and oxygen atoms in total. The van der Waals surface area contributed by atoms with E-state index in [1.807, 2.05) is 29.2 Å². The van der Waals surface area contributed by atoms with Gasteiger partial charge in [0.25, 0.3) is 0 Å². The third-order valence-electron chi connectivity index (χ3n) is 21.3. The third kappa shape index (κ3) is 22.9. The molecule has 2 saturated heterocycles. The molecule has 0 saturated carbocycles. The topological polar surface area (TPSA) is 399 Å². The lowest BCUT2D eigenvalue weighted by molar-refractivity contribution is -0.136. The monoisotopic (exact) mass is 1490 g/mol. The summed E-state index contributed by atoms with van der Waals surface area (Å²) in [5.74, 6) is -6.21. The van der Waals surface area contributed by atoms with Crippen LogP contribution in [0.3, 0.4) is 0 Å². The van der Waals surface area contributed by atoms with Gasteiger partial charge in [0.05, 0.1) is 18.2 Å². The fourth-order valence-electron chi connectivity index (χ4n) is 15.5. The molecule has 2 aromatic heterocycles. The van der Waals surface area contributed by atoms with Gasteiger partial charge in [-0.3, -0.25) is 48.1 Å². The SMILES string of the molecule is CC(=O)N(CCCN[C@@H]1CCCCCC(=O)[C@H](Cc2ccc(F)cc2)NC(=O)[C@H]([C@@H](C)O)NC(=O)[C@H](CCCCN)NC(=O)[C@@H](Cc2c[nH]c3ccccc23)NC(=O)[C@H](Cc2ccccc2)NC(=O)[C@H](Cc2ccccc2)NC(=O)[C@H](CCCN=C(N)N)NC1=O)C[C@@H]1C[C@@H]2c3cccc4[nH]cc(c34)C[C@H]2N(C)C1. The number of aromatic amines is 2. The zero-order valence-electron chi connectivity index (χ0n) is 62.5. The van der Waals surface area contributed by atoms with Crippen molar-refractivity contribution in [3.05, 3.63) is 179 Å². The van der Waals surface area contributed by atoms with Gasteiger partial charge in [-0.1, -0.05) is 116 Å². The van der Waals surface area contributed by atoms with Gasteiger partial charge in [0, 0.05) is 105 Å². The van der Waals surface area contributed by atoms with Crippen molar-refractivity contribution in [1.29, 1.82) is 0 Å². The van der Waals surface area contributed by atoms with Crippen molar-refractivity contribution in [2.24, 2.45) is 28.1 Å². The van der Waals surface area contributed by atoms with Crippen molar-refractivity contribution in [3.8, 4) is 0 Å². The zero-order valence-corrected chi connectivity index (χ0v) is 62.5. The number of halogens is 1. The largest absolute Gasteiger partial charge is 0.391 e. The number of hydrogen-bond acceptors (Lipinski definition) is 14. The highest BCUT2D eigenvalue weighted by molar-refractivity contribution is 5.99. The number of hydrogen-bond donors (Lipinski definition) is 14. The van der Waals surface area contributed by atoms with Gasteiger partial charge in [-0.2, -0.15) is 0 Å². The van der Waals surface area contributed by atoms with Crippen LogP contribution in [-0.2, 0) is 75.3 Å². The number of aromatic nitrogens is 2. The molecule has 5 aromatic carbocycles. The van der Waals surface area contributed by atoms with Gasteiger partial charge < -0.3 is 84.6 Å². The molecule has 12 atom stereocenters. The summed E-state index contributed by atoms with van der Waals surface area (Å²) in [6, 6.07) is 26.5. The Labute approximate surface area is 635 Å². The molecule has 27 heteroatoms. The van der Waals surface area contributed by atoms with Crippen LogP contribution in [0.1, 0.15) is 130 Å². The van der Waals surface area contributed by atoms with Crippen molar-refractivity contribution in [2.45, 2.75) is 189 Å². The Bertz CT molecular complexity index is 4260. The number of carbonyl (C=O) groups is 9. The Kier molecular flexibility index (Phi) is 29.5. The molecule has 4 heterocycles. The number of amides is 8. The van der Waals surface area contributed by atoms with E-state index < -0.39 is 107 Å². The summed E-state index contributed by atoms with van der Waals surface area (Å²) >= 11 is 0. The first-order valence-electron chi connectivity index (χ1n) is 38.3. The molecule has 109 heavy (non-hydrogen) atoms. The zero-order chi connectivity index (χ0) is 77.5. The minimum atomic E-state index is -1.68. The molecule has 0 spiro atoms. The minimum Gasteiger partial charge on any atom is -0.391 e. The van der Waals surface area contributed by atoms with Gasteiger partial charge in [0.2, 0.25) is 47.3 Å². The molecular formula is C82H107FN16O10. The molecule has 0 bridgehead atoms. The average molecular weight is 1500 g/mol. The van der Waals surface area contributed by atoms with E-state index in [-0.39, 0.29) is 108 Å². The quantitative estimate of drug-likeness (QED) is 0.0226. The van der Waals surface area contributed by atoms with Crippen molar-refractivity contribution in [2.75, 3.05) is 46.3 Å². The van der Waals surface area contributed by atoms with Crippen LogP contribution in [0.25, 0.3) is 21.8 Å². The molecular weight excluding hydrogens is 1390 g/mol. The summed E-state index contributed by atoms with van der Waals surface area (Å²) in [4.78, 5) is 149. The first-order chi connectivity index (χ1) is 52.6. The molecule has 10 rings (SSSR count). The number of para-hydroxylation sites is 1. The fourth-order valence-corrected chi connectivity index (χ4v) is 15.5. The number of nitrogens with zero attached hydrogens (tertiary/aromatic N) is 3. The number of likely N-dealkylation sites (N-methyl/N-ethyl adjacent to an activating group) is 1. The number of aliphatic hydroxyl groups excluding tert-OH is 1. The summed E-state index contributed by atoms with van der Waals surface area (Å²) in [7, 11) is 2.16. The minimum absolute atomic E-state index is 0.00205. The van der Waals surface area contributed by atoms with Crippen LogP contribution in [0.15, 0.2) is 145 Å². The van der Waals surface area contributed by atoms with Crippen molar-refractivity contribution in [1.82, 2.24) is 62.3 Å². The molecule has 3 aliphatic rings. The summed E-state index contributed by atoms with van der Waals surface area (Å²) in [6.45, 7) is 5.19. The molecule has 1 aliphatic carbocycles. The van der Waals surface area contributed by atoms with Crippen LogP contribution in [0.4, 0.5) is 4.39 Å². The number of likely N-dealkylation sites (tertiary alicyclic amines) is 1. The highest BCUT2D eigenvalue weighted by Gasteiger charge is 2.41. The number of Topliss-reactive ketones (excluding diaryl/α,β-unsaturated/α-hetero) is 1. The first-order valence-corrected chi connectivity index (χ1v) is 38.3. The predicted octanol–water partition coefficient (Wildman–Crippen LogP) is 4.41. The maximum Gasteiger partial charge on any atom is 0.245 e. The van der Waals surface area contributed by atoms with Gasteiger partial charge in [-0.05, 0) is 161 Å². The number of unbranched alkanes of at least 4 members (excludes halogenated alkanes) is 1. The van der Waals surface area contributed by atoms with Gasteiger partial charge in [0.1, 0.15) is 42.1 Å². The van der Waals surface area contributed by atoms with Crippen molar-refractivity contribution in [3.63, 3.8) is 0 Å². The Morgan fingerprint density at radius 3 is 1.84 bits per heavy atom. The molecule has 2 aliphatic heterocycles. The van der Waals surface area contributed by atoms with Crippen LogP contribution < -0.4 is 59.7 Å². The summed E-state index contributed by atoms with van der Waals surface area (Å²) in [5.41, 5.74) is 24.3. The molecule has 8 amide bonds. The van der Waals surface area contributed by atoms with E-state index in [4.69, 9.17) is 17.2 Å². The van der Waals surface area contributed by atoms with Crippen LogP contribution in [0.5, 0.6) is 0 Å². The first kappa shape index (κ1) is 81.2. The summed E-state index contributed by atoms with van der Waals surface area (Å²) in [5, 5.41) is 36.8. The standard InChI is InChI=1S/C82H107FN16O10/c1-50(100)74-81(109)93-67(41-54-32-34-58(83)35-33-54)72(102)31-12-6-11-27-64(87-38-19-39-99(51(2)101)49-55-40-61-60-25-17-29-63-73(60)57(47-90-63)45-71(61)98(3)48-55)75(103)91-66(30-18-37-88-82(85)86)76(104)94-68(42-52-20-7-4-8-21-52)78(106)95-69(43-53-22-9-5-10-23-53)79(107)96-70(44-56-46-89-62-26-14-13-24-59(56)62)80(108)92-65(77(105)97-74)28-15-16-36-84/h4-5,7-10,13-14,17,20-26,29,32-35,46-47,50,55,61,64-71,74,87,89-90,100H,6,11-12,15-16,18-19,27-28,30-31,36-45,48-49,84H2,1-3H3,(H,91,103)(H,92,108)(H,93,109)(H,94,104)(H,95,106)(H,96,107)(H,97,105)(H4,85,86,88)/t50-,55-,61-,64-,65+,66+,67+,68+,69+,70-,71-,74+/m1/s1. The Morgan fingerprint density at radius 1 is 0.624 bits per heavy atom. The van der Waals surface area contributed by atoms with E-state index in [1.54, 1.807) is 73.8 Å². The second kappa shape index (κ2) is 39.7. The smallest absolute Gasteiger partial charge is 0.245 e. The molecule has 0 radical (unpaired) electrons. The maximum atomic E-state index is 15.4. The number of aliphatic hydroxyl groups is 1. The lowest BCUT2D eigenvalue weighted by atomic mass is 9.72. The highest BCUT2D eigenvalue weighted by Crippen LogP contribution is 2.44. The number of piperidine rings is 1. The van der Waals surface area contributed by atoms with E-state index in [0.717, 1.165) is 35.8 Å². The number of fused-ring (bicyclic) bond motifs is 3. The van der Waals surface area contributed by atoms with E-state index in [2.05, 4.69) is 93.8 Å². The van der Waals surface area contributed by atoms with Gasteiger partial charge in [-0.15, -0.1) is 0 Å². The third-order valence-corrected chi connectivity index (χ3v) is 21.3. The van der Waals surface area contributed by atoms with Crippen molar-refractivity contribution >= 4 is 80.8 Å². The number of rotatable bonds is 24. The summed E-state index contributed by atoms with van der Waals surface area (Å²) < 4.78 is 14.3. The average Bonchev–Trinajstić information content (AvgIpc) is 1.68. The van der Waals surface area contributed by atoms with Crippen molar-refractivity contribution < 1.29 is 52.6 Å². The second-order valence-electron chi connectivity index (χ2n) is 29.5. The fraction of sp³-hybridized carbons (Fsp3) is 0.463. The lowest BCUT2D eigenvalue weighted by Gasteiger charge is -2.46. The normalized spacial score (nSPS) is 23.7. The number of ketones is 1. The Morgan fingerprint density at radius 2 is 1.19 bits per heavy atom. The van der Waals surface area contributed by atoms with E-state index in [9.17, 15) is 28.7 Å². The number of carbonyl (C=O) groups excluding carboxylic acids is 9. The maximum absolute atomic E-state index is 15.4. The van der Waals surface area contributed by atoms with Crippen LogP contribution in [0, 0.1) is 11.7 Å². The molecule has 582 valence electrons. The number of benzene rings is 5. The molecule has 0 unspecified atom stereocenters.